The summed E-state index contributed by atoms with van der Waals surface area (Å²) in [6, 6.07) is 7.66. The first kappa shape index (κ1) is 12.6. The van der Waals surface area contributed by atoms with Gasteiger partial charge in [0.05, 0.1) is 0 Å². The van der Waals surface area contributed by atoms with Gasteiger partial charge in [-0.3, -0.25) is 9.59 Å². The molecule has 1 unspecified atom stereocenters. The molecule has 1 N–H and O–H groups in total. The molecule has 96 valence electrons. The molecule has 1 aliphatic heterocycles. The van der Waals surface area contributed by atoms with Gasteiger partial charge in [0.25, 0.3) is 0 Å². The molecular formula is C14H17NO3. The minimum Gasteiger partial charge on any atom is -0.480 e. The molecule has 0 aromatic heterocycles. The molecule has 18 heavy (non-hydrogen) atoms. The van der Waals surface area contributed by atoms with Gasteiger partial charge in [-0.15, -0.1) is 0 Å². The van der Waals surface area contributed by atoms with E-state index < -0.39 is 11.4 Å². The summed E-state index contributed by atoms with van der Waals surface area (Å²) in [5, 5.41) is 9.16. The van der Waals surface area contributed by atoms with Crippen LogP contribution in [0.2, 0.25) is 0 Å². The highest BCUT2D eigenvalue weighted by molar-refractivity contribution is 6.10. The Morgan fingerprint density at radius 3 is 2.56 bits per heavy atom. The average Bonchev–Trinajstić information content (AvgIpc) is 2.63. The number of anilines is 1. The van der Waals surface area contributed by atoms with E-state index >= 15 is 0 Å². The van der Waals surface area contributed by atoms with Crippen molar-refractivity contribution in [1.29, 1.82) is 0 Å². The Labute approximate surface area is 106 Å². The fraction of sp³-hybridized carbons (Fsp3) is 0.429. The maximum atomic E-state index is 12.4. The minimum absolute atomic E-state index is 0.00789. The Kier molecular flexibility index (Phi) is 2.89. The van der Waals surface area contributed by atoms with Crippen LogP contribution in [-0.2, 0) is 16.0 Å². The molecule has 0 radical (unpaired) electrons. The smallest absolute Gasteiger partial charge is 0.318 e. The summed E-state index contributed by atoms with van der Waals surface area (Å²) < 4.78 is 0. The number of carbonyl (C=O) groups is 2. The number of para-hydroxylation sites is 1. The predicted octanol–water partition coefficient (Wildman–Crippen LogP) is 2.08. The molecule has 0 fully saturated rings. The van der Waals surface area contributed by atoms with Crippen molar-refractivity contribution in [2.24, 2.45) is 5.41 Å². The maximum Gasteiger partial charge on any atom is 0.318 e. The Hall–Kier alpha value is -1.84. The third-order valence-corrected chi connectivity index (χ3v) is 3.50. The zero-order valence-electron chi connectivity index (χ0n) is 10.8. The third-order valence-electron chi connectivity index (χ3n) is 3.50. The van der Waals surface area contributed by atoms with Crippen LogP contribution in [0.15, 0.2) is 24.3 Å². The van der Waals surface area contributed by atoms with Crippen LogP contribution in [0.4, 0.5) is 5.69 Å². The average molecular weight is 247 g/mol. The van der Waals surface area contributed by atoms with E-state index in [1.165, 1.54) is 13.8 Å². The Bertz CT molecular complexity index is 508. The van der Waals surface area contributed by atoms with Crippen LogP contribution in [0.3, 0.4) is 0 Å². The normalized spacial score (nSPS) is 18.6. The van der Waals surface area contributed by atoms with E-state index in [9.17, 15) is 9.59 Å². The van der Waals surface area contributed by atoms with Gasteiger partial charge in [0, 0.05) is 11.7 Å². The number of hydrogen-bond donors (Lipinski definition) is 1. The maximum absolute atomic E-state index is 12.4. The van der Waals surface area contributed by atoms with Crippen molar-refractivity contribution in [3.05, 3.63) is 29.8 Å². The second-order valence-electron chi connectivity index (χ2n) is 5.29. The number of fused-ring (bicyclic) bond motifs is 1. The summed E-state index contributed by atoms with van der Waals surface area (Å²) >= 11 is 0. The summed E-state index contributed by atoms with van der Waals surface area (Å²) in [5.74, 6) is -1.45. The molecule has 0 aliphatic carbocycles. The lowest BCUT2D eigenvalue weighted by Crippen LogP contribution is -2.47. The summed E-state index contributed by atoms with van der Waals surface area (Å²) in [4.78, 5) is 25.2. The van der Waals surface area contributed by atoms with Gasteiger partial charge in [0.1, 0.15) is 5.41 Å². The first-order valence-corrected chi connectivity index (χ1v) is 6.00. The van der Waals surface area contributed by atoms with Crippen LogP contribution in [-0.4, -0.2) is 23.0 Å². The van der Waals surface area contributed by atoms with Crippen LogP contribution in [0.25, 0.3) is 0 Å². The van der Waals surface area contributed by atoms with Crippen LogP contribution in [0.1, 0.15) is 26.3 Å². The molecule has 1 aromatic carbocycles. The van der Waals surface area contributed by atoms with Gasteiger partial charge in [-0.25, -0.2) is 0 Å². The van der Waals surface area contributed by atoms with Crippen LogP contribution in [0, 0.1) is 5.41 Å². The lowest BCUT2D eigenvalue weighted by molar-refractivity contribution is -0.152. The summed E-state index contributed by atoms with van der Waals surface area (Å²) in [6.07, 6.45) is 0.775. The SMILES string of the molecule is CC1Cc2ccccc2N1C(=O)C(C)(C)C(=O)O. The molecule has 1 amide bonds. The van der Waals surface area contributed by atoms with Gasteiger partial charge in [0.2, 0.25) is 5.91 Å². The Morgan fingerprint density at radius 2 is 1.94 bits per heavy atom. The van der Waals surface area contributed by atoms with E-state index in [0.29, 0.717) is 0 Å². The van der Waals surface area contributed by atoms with Gasteiger partial charge in [-0.05, 0) is 38.8 Å². The highest BCUT2D eigenvalue weighted by Gasteiger charge is 2.43. The number of rotatable bonds is 2. The molecule has 0 spiro atoms. The summed E-state index contributed by atoms with van der Waals surface area (Å²) in [5.41, 5.74) is 0.537. The molecule has 4 heteroatoms. The van der Waals surface area contributed by atoms with Gasteiger partial charge in [-0.1, -0.05) is 18.2 Å². The zero-order chi connectivity index (χ0) is 13.5. The van der Waals surface area contributed by atoms with Crippen molar-refractivity contribution >= 4 is 17.6 Å². The second-order valence-corrected chi connectivity index (χ2v) is 5.29. The van der Waals surface area contributed by atoms with Crippen LogP contribution >= 0.6 is 0 Å². The number of amides is 1. The Morgan fingerprint density at radius 1 is 1.33 bits per heavy atom. The first-order chi connectivity index (χ1) is 8.35. The number of carbonyl (C=O) groups excluding carboxylic acids is 1. The van der Waals surface area contributed by atoms with Crippen molar-refractivity contribution < 1.29 is 14.7 Å². The fourth-order valence-electron chi connectivity index (χ4n) is 2.27. The molecular weight excluding hydrogens is 230 g/mol. The highest BCUT2D eigenvalue weighted by atomic mass is 16.4. The van der Waals surface area contributed by atoms with E-state index in [2.05, 4.69) is 0 Å². The summed E-state index contributed by atoms with van der Waals surface area (Å²) in [6.45, 7) is 4.84. The van der Waals surface area contributed by atoms with Crippen molar-refractivity contribution in [3.8, 4) is 0 Å². The number of nitrogens with zero attached hydrogens (tertiary/aromatic N) is 1. The van der Waals surface area contributed by atoms with E-state index in [1.807, 2.05) is 31.2 Å². The number of carboxylic acid groups (broad SMARTS) is 1. The molecule has 0 bridgehead atoms. The Balaban J connectivity index is 2.41. The minimum atomic E-state index is -1.40. The standard InChI is InChI=1S/C14H17NO3/c1-9-8-10-6-4-5-7-11(10)15(9)12(16)14(2,3)13(17)18/h4-7,9H,8H2,1-3H3,(H,17,18). The van der Waals surface area contributed by atoms with E-state index in [1.54, 1.807) is 4.90 Å². The first-order valence-electron chi connectivity index (χ1n) is 6.00. The number of hydrogen-bond acceptors (Lipinski definition) is 2. The largest absolute Gasteiger partial charge is 0.480 e. The summed E-state index contributed by atoms with van der Waals surface area (Å²) in [7, 11) is 0. The quantitative estimate of drug-likeness (QED) is 0.814. The van der Waals surface area contributed by atoms with Crippen molar-refractivity contribution in [3.63, 3.8) is 0 Å². The molecule has 0 saturated carbocycles. The van der Waals surface area contributed by atoms with Crippen molar-refractivity contribution in [2.45, 2.75) is 33.2 Å². The van der Waals surface area contributed by atoms with Gasteiger partial charge >= 0.3 is 5.97 Å². The van der Waals surface area contributed by atoms with E-state index in [-0.39, 0.29) is 11.9 Å². The molecule has 2 rings (SSSR count). The monoisotopic (exact) mass is 247 g/mol. The molecule has 1 aromatic rings. The molecule has 1 heterocycles. The van der Waals surface area contributed by atoms with E-state index in [0.717, 1.165) is 17.7 Å². The second kappa shape index (κ2) is 4.12. The van der Waals surface area contributed by atoms with Crippen molar-refractivity contribution in [1.82, 2.24) is 0 Å². The number of aliphatic carboxylic acids is 1. The zero-order valence-corrected chi connectivity index (χ0v) is 10.8. The molecule has 4 nitrogen and oxygen atoms in total. The lowest BCUT2D eigenvalue weighted by Gasteiger charge is -2.29. The topological polar surface area (TPSA) is 57.6 Å². The highest BCUT2D eigenvalue weighted by Crippen LogP contribution is 2.35. The van der Waals surface area contributed by atoms with Gasteiger partial charge in [-0.2, -0.15) is 0 Å². The van der Waals surface area contributed by atoms with Crippen molar-refractivity contribution in [2.75, 3.05) is 4.90 Å². The third kappa shape index (κ3) is 1.78. The van der Waals surface area contributed by atoms with Gasteiger partial charge in [0.15, 0.2) is 0 Å². The van der Waals surface area contributed by atoms with Crippen LogP contribution in [0.5, 0.6) is 0 Å². The van der Waals surface area contributed by atoms with E-state index in [4.69, 9.17) is 5.11 Å². The van der Waals surface area contributed by atoms with Gasteiger partial charge < -0.3 is 10.0 Å². The number of benzene rings is 1. The molecule has 1 aliphatic rings. The molecule has 0 saturated heterocycles. The van der Waals surface area contributed by atoms with Crippen LogP contribution < -0.4 is 4.90 Å². The number of carboxylic acids is 1. The predicted molar refractivity (Wildman–Crippen MR) is 68.5 cm³/mol. The lowest BCUT2D eigenvalue weighted by atomic mass is 9.91. The fourth-order valence-corrected chi connectivity index (χ4v) is 2.27. The molecule has 1 atom stereocenters.